The number of hydrogen-bond donors (Lipinski definition) is 1. The van der Waals surface area contributed by atoms with Crippen LogP contribution in [0.2, 0.25) is 16.6 Å². The van der Waals surface area contributed by atoms with E-state index >= 15 is 0 Å². The van der Waals surface area contributed by atoms with E-state index in [0.29, 0.717) is 29.7 Å². The summed E-state index contributed by atoms with van der Waals surface area (Å²) >= 11 is 0. The maximum absolute atomic E-state index is 12.6. The highest BCUT2D eigenvalue weighted by atomic mass is 32.2. The van der Waals surface area contributed by atoms with E-state index in [4.69, 9.17) is 4.43 Å². The van der Waals surface area contributed by atoms with Gasteiger partial charge in [0.05, 0.1) is 23.5 Å². The Morgan fingerprint density at radius 3 is 2.10 bits per heavy atom. The summed E-state index contributed by atoms with van der Waals surface area (Å²) < 4.78 is 19.2. The standard InChI is InChI=1S/C25H40O3SSi/c1-9-10-25(26)23(16-18-29(27)24-13-11-22(8)12-14-24)15-17-28-30(19(2)3,20(4)5)21(6)7/h9,11-16,18-21,25-26H,1,10,17H2,2-8H3/b18-16-,23-15+/t25-,29?/m1/s1. The van der Waals surface area contributed by atoms with Crippen LogP contribution in [-0.2, 0) is 15.2 Å². The van der Waals surface area contributed by atoms with Crippen LogP contribution in [0.3, 0.4) is 0 Å². The Kier molecular flexibility index (Phi) is 11.2. The van der Waals surface area contributed by atoms with Crippen LogP contribution in [0.25, 0.3) is 0 Å². The minimum absolute atomic E-state index is 0.439. The first-order chi connectivity index (χ1) is 14.1. The van der Waals surface area contributed by atoms with Crippen LogP contribution in [0.4, 0.5) is 0 Å². The van der Waals surface area contributed by atoms with Crippen molar-refractivity contribution in [3.63, 3.8) is 0 Å². The Balaban J connectivity index is 3.07. The summed E-state index contributed by atoms with van der Waals surface area (Å²) in [6.07, 6.45) is 5.14. The minimum atomic E-state index is -1.98. The summed E-state index contributed by atoms with van der Waals surface area (Å²) in [5.74, 6) is 0. The molecule has 0 bridgehead atoms. The molecule has 5 heteroatoms. The molecule has 0 aliphatic rings. The lowest BCUT2D eigenvalue weighted by atomic mass is 10.1. The molecule has 0 fully saturated rings. The maximum atomic E-state index is 12.6. The molecule has 1 rings (SSSR count). The van der Waals surface area contributed by atoms with E-state index in [0.717, 1.165) is 16.0 Å². The molecule has 0 amide bonds. The quantitative estimate of drug-likeness (QED) is 0.221. The van der Waals surface area contributed by atoms with E-state index in [1.807, 2.05) is 37.3 Å². The molecule has 0 spiro atoms. The number of rotatable bonds is 12. The van der Waals surface area contributed by atoms with Gasteiger partial charge >= 0.3 is 0 Å². The van der Waals surface area contributed by atoms with Gasteiger partial charge in [0.2, 0.25) is 8.32 Å². The van der Waals surface area contributed by atoms with E-state index in [1.165, 1.54) is 0 Å². The molecule has 0 saturated carbocycles. The zero-order valence-electron chi connectivity index (χ0n) is 19.7. The average molecular weight is 449 g/mol. The highest BCUT2D eigenvalue weighted by Gasteiger charge is 2.44. The molecular weight excluding hydrogens is 408 g/mol. The molecule has 0 aliphatic carbocycles. The molecule has 1 aromatic carbocycles. The van der Waals surface area contributed by atoms with Crippen LogP contribution in [-0.4, -0.2) is 30.3 Å². The van der Waals surface area contributed by atoms with E-state index in [9.17, 15) is 9.32 Å². The molecule has 1 N–H and O–H groups in total. The predicted molar refractivity (Wildman–Crippen MR) is 133 cm³/mol. The van der Waals surface area contributed by atoms with Crippen LogP contribution in [0, 0.1) is 6.92 Å². The molecule has 30 heavy (non-hydrogen) atoms. The lowest BCUT2D eigenvalue weighted by molar-refractivity contribution is 0.216. The van der Waals surface area contributed by atoms with Gasteiger partial charge in [-0.2, -0.15) is 0 Å². The summed E-state index contributed by atoms with van der Waals surface area (Å²) in [5.41, 5.74) is 3.34. The first kappa shape index (κ1) is 26.8. The summed E-state index contributed by atoms with van der Waals surface area (Å²) in [4.78, 5) is 0.747. The summed E-state index contributed by atoms with van der Waals surface area (Å²) in [6, 6.07) is 7.64. The molecule has 168 valence electrons. The van der Waals surface area contributed by atoms with Gasteiger partial charge < -0.3 is 9.53 Å². The van der Waals surface area contributed by atoms with E-state index in [-0.39, 0.29) is 0 Å². The number of aliphatic hydroxyl groups excluding tert-OH is 1. The molecule has 0 saturated heterocycles. The summed E-state index contributed by atoms with van der Waals surface area (Å²) in [5, 5.41) is 12.2. The predicted octanol–water partition coefficient (Wildman–Crippen LogP) is 6.67. The highest BCUT2D eigenvalue weighted by Crippen LogP contribution is 2.42. The van der Waals surface area contributed by atoms with Gasteiger partial charge in [0.1, 0.15) is 0 Å². The van der Waals surface area contributed by atoms with Crippen molar-refractivity contribution in [2.24, 2.45) is 0 Å². The zero-order chi connectivity index (χ0) is 22.9. The van der Waals surface area contributed by atoms with Crippen LogP contribution in [0.5, 0.6) is 0 Å². The lowest BCUT2D eigenvalue weighted by Crippen LogP contribution is -2.47. The molecular formula is C25H40O3SSi. The second kappa shape index (κ2) is 12.5. The third-order valence-corrected chi connectivity index (χ3v) is 13.0. The average Bonchev–Trinajstić information content (AvgIpc) is 2.67. The van der Waals surface area contributed by atoms with Gasteiger partial charge in [-0.05, 0) is 53.7 Å². The van der Waals surface area contributed by atoms with Crippen molar-refractivity contribution in [3.05, 3.63) is 65.6 Å². The molecule has 0 radical (unpaired) electrons. The number of aliphatic hydroxyl groups is 1. The van der Waals surface area contributed by atoms with Gasteiger partial charge in [0, 0.05) is 10.3 Å². The molecule has 1 aromatic rings. The van der Waals surface area contributed by atoms with Crippen molar-refractivity contribution in [2.45, 2.75) is 82.5 Å². The fourth-order valence-corrected chi connectivity index (χ4v) is 10.5. The Labute approximate surface area is 187 Å². The summed E-state index contributed by atoms with van der Waals surface area (Å²) in [7, 11) is -3.25. The van der Waals surface area contributed by atoms with Gasteiger partial charge in [-0.15, -0.1) is 6.58 Å². The Hall–Kier alpha value is -1.27. The smallest absolute Gasteiger partial charge is 0.200 e. The normalized spacial score (nSPS) is 15.4. The third-order valence-electron chi connectivity index (χ3n) is 5.77. The van der Waals surface area contributed by atoms with Crippen molar-refractivity contribution in [3.8, 4) is 0 Å². The second-order valence-corrected chi connectivity index (χ2v) is 15.6. The van der Waals surface area contributed by atoms with Crippen molar-refractivity contribution < 1.29 is 13.7 Å². The number of hydrogen-bond acceptors (Lipinski definition) is 3. The molecule has 0 heterocycles. The Bertz CT molecular complexity index is 726. The maximum Gasteiger partial charge on any atom is 0.200 e. The van der Waals surface area contributed by atoms with Crippen molar-refractivity contribution in [1.82, 2.24) is 0 Å². The van der Waals surface area contributed by atoms with Gasteiger partial charge in [0.15, 0.2) is 0 Å². The lowest BCUT2D eigenvalue weighted by Gasteiger charge is -2.42. The molecule has 3 nitrogen and oxygen atoms in total. The van der Waals surface area contributed by atoms with E-state index < -0.39 is 25.2 Å². The van der Waals surface area contributed by atoms with E-state index in [2.05, 4.69) is 48.1 Å². The second-order valence-electron chi connectivity index (χ2n) is 8.79. The van der Waals surface area contributed by atoms with Gasteiger partial charge in [-0.3, -0.25) is 0 Å². The molecule has 1 unspecified atom stereocenters. The largest absolute Gasteiger partial charge is 0.412 e. The molecule has 0 aromatic heterocycles. The van der Waals surface area contributed by atoms with Crippen molar-refractivity contribution in [2.75, 3.05) is 6.61 Å². The van der Waals surface area contributed by atoms with Crippen LogP contribution in [0.1, 0.15) is 53.5 Å². The first-order valence-electron chi connectivity index (χ1n) is 10.8. The first-order valence-corrected chi connectivity index (χ1v) is 14.2. The third kappa shape index (κ3) is 7.15. The van der Waals surface area contributed by atoms with E-state index in [1.54, 1.807) is 17.6 Å². The Morgan fingerprint density at radius 1 is 1.10 bits per heavy atom. The summed E-state index contributed by atoms with van der Waals surface area (Å²) in [6.45, 7) is 19.7. The SMILES string of the molecule is C=CC[C@@H](O)C(/C=C\S(=O)c1ccc(C)cc1)=C/CO[Si](C(C)C)(C(C)C)C(C)C. The van der Waals surface area contributed by atoms with Gasteiger partial charge in [-0.1, -0.05) is 71.4 Å². The fraction of sp³-hybridized carbons (Fsp3) is 0.520. The monoisotopic (exact) mass is 448 g/mol. The van der Waals surface area contributed by atoms with Gasteiger partial charge in [-0.25, -0.2) is 4.21 Å². The minimum Gasteiger partial charge on any atom is -0.412 e. The Morgan fingerprint density at radius 2 is 1.63 bits per heavy atom. The van der Waals surface area contributed by atoms with Gasteiger partial charge in [0.25, 0.3) is 0 Å². The van der Waals surface area contributed by atoms with Crippen molar-refractivity contribution in [1.29, 1.82) is 0 Å². The molecule has 0 aliphatic heterocycles. The number of aryl methyl sites for hydroxylation is 1. The topological polar surface area (TPSA) is 46.5 Å². The molecule has 2 atom stereocenters. The van der Waals surface area contributed by atoms with Crippen molar-refractivity contribution >= 4 is 19.1 Å². The van der Waals surface area contributed by atoms with Crippen LogP contribution < -0.4 is 0 Å². The highest BCUT2D eigenvalue weighted by molar-refractivity contribution is 7.88. The van der Waals surface area contributed by atoms with Crippen LogP contribution >= 0.6 is 0 Å². The fourth-order valence-electron chi connectivity index (χ4n) is 4.28. The number of benzene rings is 1. The van der Waals surface area contributed by atoms with Crippen LogP contribution in [0.15, 0.2) is 64.9 Å². The zero-order valence-corrected chi connectivity index (χ0v) is 21.5.